The van der Waals surface area contributed by atoms with Gasteiger partial charge in [0.1, 0.15) is 0 Å². The van der Waals surface area contributed by atoms with Gasteiger partial charge in [0.05, 0.1) is 5.71 Å². The molecule has 1 aliphatic heterocycles. The van der Waals surface area contributed by atoms with Crippen LogP contribution in [0.3, 0.4) is 0 Å². The van der Waals surface area contributed by atoms with Gasteiger partial charge in [0.2, 0.25) is 0 Å². The van der Waals surface area contributed by atoms with E-state index in [9.17, 15) is 4.79 Å². The first-order valence-corrected chi connectivity index (χ1v) is 6.67. The van der Waals surface area contributed by atoms with Gasteiger partial charge in [0, 0.05) is 36.0 Å². The van der Waals surface area contributed by atoms with Crippen LogP contribution in [0.4, 0.5) is 0 Å². The Kier molecular flexibility index (Phi) is 4.01. The van der Waals surface area contributed by atoms with Crippen LogP contribution in [0.1, 0.15) is 28.8 Å². The van der Waals surface area contributed by atoms with E-state index in [0.717, 1.165) is 21.3 Å². The van der Waals surface area contributed by atoms with Crippen LogP contribution in [0, 0.1) is 6.92 Å². The second kappa shape index (κ2) is 5.52. The Morgan fingerprint density at radius 2 is 2.06 bits per heavy atom. The average Bonchev–Trinajstić information content (AvgIpc) is 2.41. The molecule has 1 N–H and O–H groups in total. The minimum atomic E-state index is 0.0470. The van der Waals surface area contributed by atoms with Gasteiger partial charge in [-0.3, -0.25) is 4.79 Å². The highest BCUT2D eigenvalue weighted by Crippen LogP contribution is 2.21. The number of rotatable bonds is 1. The van der Waals surface area contributed by atoms with E-state index in [4.69, 9.17) is 5.21 Å². The van der Waals surface area contributed by atoms with Gasteiger partial charge in [-0.15, -0.1) is 0 Å². The summed E-state index contributed by atoms with van der Waals surface area (Å²) >= 11 is 3.44. The molecule has 0 atom stereocenters. The first kappa shape index (κ1) is 13.1. The number of oxime groups is 1. The number of carbonyl (C=O) groups excluding carboxylic acids is 1. The molecule has 0 aliphatic carbocycles. The van der Waals surface area contributed by atoms with Crippen LogP contribution >= 0.6 is 15.9 Å². The Bertz CT molecular complexity index is 490. The van der Waals surface area contributed by atoms with Crippen LogP contribution in [-0.4, -0.2) is 34.8 Å². The lowest BCUT2D eigenvalue weighted by atomic mass is 10.0. The van der Waals surface area contributed by atoms with Crippen LogP contribution in [0.2, 0.25) is 0 Å². The maximum atomic E-state index is 12.4. The monoisotopic (exact) mass is 310 g/mol. The number of nitrogens with zero attached hydrogens (tertiary/aromatic N) is 2. The molecule has 0 spiro atoms. The van der Waals surface area contributed by atoms with Gasteiger partial charge in [-0.1, -0.05) is 27.2 Å². The molecule has 0 saturated carbocycles. The van der Waals surface area contributed by atoms with Crippen molar-refractivity contribution in [3.63, 3.8) is 0 Å². The molecular formula is C13H15BrN2O2. The molecule has 5 heteroatoms. The third-order valence-electron chi connectivity index (χ3n) is 3.27. The van der Waals surface area contributed by atoms with Crippen LogP contribution in [-0.2, 0) is 0 Å². The van der Waals surface area contributed by atoms with Gasteiger partial charge in [-0.05, 0) is 24.6 Å². The summed E-state index contributed by atoms with van der Waals surface area (Å²) < 4.78 is 0.947. The summed E-state index contributed by atoms with van der Waals surface area (Å²) in [6.45, 7) is 3.16. The predicted octanol–water partition coefficient (Wildman–Crippen LogP) is 2.82. The molecule has 2 rings (SSSR count). The summed E-state index contributed by atoms with van der Waals surface area (Å²) in [6.07, 6.45) is 1.30. The summed E-state index contributed by atoms with van der Waals surface area (Å²) in [7, 11) is 0. The third kappa shape index (κ3) is 2.56. The molecule has 18 heavy (non-hydrogen) atoms. The molecule has 1 heterocycles. The van der Waals surface area contributed by atoms with Gasteiger partial charge in [0.15, 0.2) is 0 Å². The minimum Gasteiger partial charge on any atom is -0.411 e. The van der Waals surface area contributed by atoms with Crippen LogP contribution in [0.5, 0.6) is 0 Å². The highest BCUT2D eigenvalue weighted by atomic mass is 79.9. The number of benzene rings is 1. The Hall–Kier alpha value is -1.36. The fourth-order valence-corrected chi connectivity index (χ4v) is 2.44. The number of halogens is 1. The van der Waals surface area contributed by atoms with Crippen molar-refractivity contribution in [2.45, 2.75) is 19.8 Å². The van der Waals surface area contributed by atoms with Gasteiger partial charge in [-0.25, -0.2) is 0 Å². The van der Waals surface area contributed by atoms with E-state index in [-0.39, 0.29) is 5.91 Å². The number of piperidine rings is 1. The predicted molar refractivity (Wildman–Crippen MR) is 73.2 cm³/mol. The lowest BCUT2D eigenvalue weighted by Crippen LogP contribution is -2.39. The zero-order valence-electron chi connectivity index (χ0n) is 10.2. The van der Waals surface area contributed by atoms with Crippen molar-refractivity contribution in [3.05, 3.63) is 33.8 Å². The number of carbonyl (C=O) groups is 1. The zero-order chi connectivity index (χ0) is 13.1. The highest BCUT2D eigenvalue weighted by molar-refractivity contribution is 9.10. The van der Waals surface area contributed by atoms with E-state index in [2.05, 4.69) is 21.1 Å². The van der Waals surface area contributed by atoms with Gasteiger partial charge < -0.3 is 10.1 Å². The van der Waals surface area contributed by atoms with E-state index < -0.39 is 0 Å². The third-order valence-corrected chi connectivity index (χ3v) is 4.13. The Morgan fingerprint density at radius 1 is 1.39 bits per heavy atom. The Labute approximate surface area is 114 Å². The van der Waals surface area contributed by atoms with Crippen molar-refractivity contribution in [2.24, 2.45) is 5.16 Å². The van der Waals surface area contributed by atoms with Crippen LogP contribution in [0.15, 0.2) is 27.8 Å². The largest absolute Gasteiger partial charge is 0.411 e. The van der Waals surface area contributed by atoms with Crippen LogP contribution in [0.25, 0.3) is 0 Å². The molecule has 0 radical (unpaired) electrons. The summed E-state index contributed by atoms with van der Waals surface area (Å²) in [5.74, 6) is 0.0470. The molecule has 0 aromatic heterocycles. The first-order valence-electron chi connectivity index (χ1n) is 5.87. The number of likely N-dealkylation sites (tertiary alicyclic amines) is 1. The molecule has 0 bridgehead atoms. The standard InChI is InChI=1S/C13H15BrN2O2/c1-9-11(3-2-4-12(9)14)13(17)16-7-5-10(15-18)6-8-16/h2-4,18H,5-8H2,1H3. The summed E-state index contributed by atoms with van der Waals surface area (Å²) in [5.41, 5.74) is 2.46. The lowest BCUT2D eigenvalue weighted by Gasteiger charge is -2.27. The molecule has 4 nitrogen and oxygen atoms in total. The maximum Gasteiger partial charge on any atom is 0.254 e. The topological polar surface area (TPSA) is 52.9 Å². The molecule has 0 unspecified atom stereocenters. The van der Waals surface area contributed by atoms with Crippen molar-refractivity contribution < 1.29 is 10.0 Å². The van der Waals surface area contributed by atoms with E-state index in [0.29, 0.717) is 25.9 Å². The molecule has 1 aliphatic rings. The van der Waals surface area contributed by atoms with Crippen molar-refractivity contribution in [3.8, 4) is 0 Å². The molecule has 1 aromatic carbocycles. The molecule has 1 aromatic rings. The highest BCUT2D eigenvalue weighted by Gasteiger charge is 2.22. The van der Waals surface area contributed by atoms with Gasteiger partial charge in [0.25, 0.3) is 5.91 Å². The normalized spacial score (nSPS) is 15.7. The summed E-state index contributed by atoms with van der Waals surface area (Å²) in [6, 6.07) is 5.64. The van der Waals surface area contributed by atoms with Crippen molar-refractivity contribution in [1.29, 1.82) is 0 Å². The number of hydrogen-bond acceptors (Lipinski definition) is 3. The Morgan fingerprint density at radius 3 is 2.67 bits per heavy atom. The maximum absolute atomic E-state index is 12.4. The molecule has 96 valence electrons. The quantitative estimate of drug-likeness (QED) is 0.640. The average molecular weight is 311 g/mol. The lowest BCUT2D eigenvalue weighted by molar-refractivity contribution is 0.0753. The molecule has 1 amide bonds. The smallest absolute Gasteiger partial charge is 0.254 e. The zero-order valence-corrected chi connectivity index (χ0v) is 11.8. The fourth-order valence-electron chi connectivity index (χ4n) is 2.08. The second-order valence-electron chi connectivity index (χ2n) is 4.37. The summed E-state index contributed by atoms with van der Waals surface area (Å²) in [5, 5.41) is 11.9. The minimum absolute atomic E-state index is 0.0470. The van der Waals surface area contributed by atoms with Crippen molar-refractivity contribution >= 4 is 27.5 Å². The van der Waals surface area contributed by atoms with Gasteiger partial charge in [-0.2, -0.15) is 0 Å². The molecular weight excluding hydrogens is 296 g/mol. The molecule has 1 fully saturated rings. The van der Waals surface area contributed by atoms with E-state index in [1.165, 1.54) is 0 Å². The number of hydrogen-bond donors (Lipinski definition) is 1. The first-order chi connectivity index (χ1) is 8.63. The summed E-state index contributed by atoms with van der Waals surface area (Å²) in [4.78, 5) is 14.2. The fraction of sp³-hybridized carbons (Fsp3) is 0.385. The number of amides is 1. The van der Waals surface area contributed by atoms with E-state index >= 15 is 0 Å². The van der Waals surface area contributed by atoms with E-state index in [1.54, 1.807) is 0 Å². The van der Waals surface area contributed by atoms with Gasteiger partial charge >= 0.3 is 0 Å². The van der Waals surface area contributed by atoms with Crippen molar-refractivity contribution in [2.75, 3.05) is 13.1 Å². The Balaban J connectivity index is 2.15. The SMILES string of the molecule is Cc1c(Br)cccc1C(=O)N1CCC(=NO)CC1. The van der Waals surface area contributed by atoms with Crippen LogP contribution < -0.4 is 0 Å². The van der Waals surface area contributed by atoms with Crippen molar-refractivity contribution in [1.82, 2.24) is 4.90 Å². The molecule has 1 saturated heterocycles. The van der Waals surface area contributed by atoms with E-state index in [1.807, 2.05) is 30.0 Å². The second-order valence-corrected chi connectivity index (χ2v) is 5.23.